The van der Waals surface area contributed by atoms with Gasteiger partial charge < -0.3 is 5.32 Å². The van der Waals surface area contributed by atoms with Gasteiger partial charge in [-0.25, -0.2) is 8.42 Å². The molecule has 0 spiro atoms. The van der Waals surface area contributed by atoms with Crippen molar-refractivity contribution in [2.45, 2.75) is 26.8 Å². The van der Waals surface area contributed by atoms with Gasteiger partial charge in [0.1, 0.15) is 9.84 Å². The third-order valence-corrected chi connectivity index (χ3v) is 5.25. The van der Waals surface area contributed by atoms with Crippen molar-refractivity contribution < 1.29 is 8.42 Å². The number of rotatable bonds is 8. The highest BCUT2D eigenvalue weighted by Gasteiger charge is 2.12. The summed E-state index contributed by atoms with van der Waals surface area (Å²) < 4.78 is 22.3. The molecule has 0 aliphatic carbocycles. The Labute approximate surface area is 127 Å². The molecule has 0 bridgehead atoms. The van der Waals surface area contributed by atoms with Gasteiger partial charge in [-0.15, -0.1) is 0 Å². The number of hydrogen-bond donors (Lipinski definition) is 1. The Kier molecular flexibility index (Phi) is 7.06. The lowest BCUT2D eigenvalue weighted by Crippen LogP contribution is -2.23. The fraction of sp³-hybridized carbons (Fsp3) is 0.600. The van der Waals surface area contributed by atoms with Crippen LogP contribution in [0.15, 0.2) is 18.2 Å². The molecular weight excluding hydrogens is 290 g/mol. The number of hydrogen-bond acceptors (Lipinski definition) is 4. The first kappa shape index (κ1) is 17.5. The van der Waals surface area contributed by atoms with Crippen LogP contribution in [0, 0.1) is 13.8 Å². The van der Waals surface area contributed by atoms with Crippen LogP contribution in [0.4, 0.5) is 0 Å². The highest BCUT2D eigenvalue weighted by Crippen LogP contribution is 2.21. The molecule has 0 aromatic heterocycles. The van der Waals surface area contributed by atoms with Gasteiger partial charge >= 0.3 is 0 Å². The molecule has 0 amide bonds. The molecule has 1 unspecified atom stereocenters. The zero-order valence-electron chi connectivity index (χ0n) is 12.8. The van der Waals surface area contributed by atoms with Gasteiger partial charge in [-0.1, -0.05) is 36.2 Å². The van der Waals surface area contributed by atoms with Crippen molar-refractivity contribution in [2.75, 3.05) is 30.1 Å². The van der Waals surface area contributed by atoms with Gasteiger partial charge in [0.2, 0.25) is 0 Å². The summed E-state index contributed by atoms with van der Waals surface area (Å²) >= 11 is 1.69. The van der Waals surface area contributed by atoms with Crippen LogP contribution in [-0.4, -0.2) is 38.5 Å². The Morgan fingerprint density at radius 3 is 2.30 bits per heavy atom. The van der Waals surface area contributed by atoms with Crippen molar-refractivity contribution >= 4 is 21.6 Å². The molecule has 1 rings (SSSR count). The SMILES string of the molecule is CCNC(CSCCS(C)(=O)=O)c1cc(C)cc(C)c1. The summed E-state index contributed by atoms with van der Waals surface area (Å²) in [5.41, 5.74) is 3.82. The number of nitrogens with one attached hydrogen (secondary N) is 1. The molecule has 0 saturated heterocycles. The first-order chi connectivity index (χ1) is 9.31. The molecule has 0 fully saturated rings. The zero-order chi connectivity index (χ0) is 15.2. The van der Waals surface area contributed by atoms with Gasteiger partial charge in [0.15, 0.2) is 0 Å². The summed E-state index contributed by atoms with van der Waals surface area (Å²) in [7, 11) is -2.85. The van der Waals surface area contributed by atoms with Crippen LogP contribution in [0.5, 0.6) is 0 Å². The first-order valence-corrected chi connectivity index (χ1v) is 10.1. The van der Waals surface area contributed by atoms with E-state index in [1.54, 1.807) is 11.8 Å². The van der Waals surface area contributed by atoms with E-state index in [9.17, 15) is 8.42 Å². The Balaban J connectivity index is 2.64. The molecule has 1 N–H and O–H groups in total. The highest BCUT2D eigenvalue weighted by atomic mass is 32.2. The van der Waals surface area contributed by atoms with Crippen LogP contribution in [0.3, 0.4) is 0 Å². The Bertz CT molecular complexity index is 506. The number of aryl methyl sites for hydroxylation is 2. The lowest BCUT2D eigenvalue weighted by atomic mass is 10.0. The first-order valence-electron chi connectivity index (χ1n) is 6.89. The molecule has 20 heavy (non-hydrogen) atoms. The van der Waals surface area contributed by atoms with E-state index in [1.165, 1.54) is 22.9 Å². The summed E-state index contributed by atoms with van der Waals surface area (Å²) in [6.45, 7) is 7.22. The van der Waals surface area contributed by atoms with Crippen molar-refractivity contribution in [3.05, 3.63) is 34.9 Å². The summed E-state index contributed by atoms with van der Waals surface area (Å²) in [4.78, 5) is 0. The number of sulfone groups is 1. The van der Waals surface area contributed by atoms with E-state index in [1.807, 2.05) is 0 Å². The lowest BCUT2D eigenvalue weighted by Gasteiger charge is -2.19. The summed E-state index contributed by atoms with van der Waals surface area (Å²) in [6, 6.07) is 6.86. The standard InChI is InChI=1S/C15H25NO2S2/c1-5-16-15(11-19-6-7-20(4,17)18)14-9-12(2)8-13(3)10-14/h8-10,15-16H,5-7,11H2,1-4H3. The molecule has 0 aliphatic rings. The Hall–Kier alpha value is -0.520. The molecule has 0 saturated carbocycles. The van der Waals surface area contributed by atoms with E-state index in [0.29, 0.717) is 5.75 Å². The van der Waals surface area contributed by atoms with E-state index < -0.39 is 9.84 Å². The maximum atomic E-state index is 11.1. The zero-order valence-corrected chi connectivity index (χ0v) is 14.4. The molecule has 5 heteroatoms. The van der Waals surface area contributed by atoms with Gasteiger partial charge in [-0.2, -0.15) is 11.8 Å². The average Bonchev–Trinajstić information content (AvgIpc) is 2.30. The molecule has 3 nitrogen and oxygen atoms in total. The molecule has 0 radical (unpaired) electrons. The summed E-state index contributed by atoms with van der Waals surface area (Å²) in [6.07, 6.45) is 1.29. The van der Waals surface area contributed by atoms with Crippen LogP contribution < -0.4 is 5.32 Å². The van der Waals surface area contributed by atoms with Crippen molar-refractivity contribution in [1.29, 1.82) is 0 Å². The second kappa shape index (κ2) is 8.05. The maximum absolute atomic E-state index is 11.1. The van der Waals surface area contributed by atoms with Crippen LogP contribution in [0.1, 0.15) is 29.7 Å². The summed E-state index contributed by atoms with van der Waals surface area (Å²) in [5, 5.41) is 3.48. The van der Waals surface area contributed by atoms with E-state index in [2.05, 4.69) is 44.3 Å². The smallest absolute Gasteiger partial charge is 0.148 e. The van der Waals surface area contributed by atoms with Crippen LogP contribution in [0.2, 0.25) is 0 Å². The topological polar surface area (TPSA) is 46.2 Å². The van der Waals surface area contributed by atoms with Crippen molar-refractivity contribution in [2.24, 2.45) is 0 Å². The fourth-order valence-corrected chi connectivity index (χ4v) is 4.54. The van der Waals surface area contributed by atoms with Gasteiger partial charge in [-0.05, 0) is 26.0 Å². The van der Waals surface area contributed by atoms with E-state index in [0.717, 1.165) is 12.3 Å². The molecule has 1 aromatic carbocycles. The van der Waals surface area contributed by atoms with Gasteiger partial charge in [0, 0.05) is 23.8 Å². The van der Waals surface area contributed by atoms with Gasteiger partial charge in [-0.3, -0.25) is 0 Å². The lowest BCUT2D eigenvalue weighted by molar-refractivity contribution is 0.602. The minimum absolute atomic E-state index is 0.253. The molecular formula is C15H25NO2S2. The third kappa shape index (κ3) is 6.77. The van der Waals surface area contributed by atoms with E-state index in [4.69, 9.17) is 0 Å². The molecule has 1 atom stereocenters. The van der Waals surface area contributed by atoms with Gasteiger partial charge in [0.25, 0.3) is 0 Å². The van der Waals surface area contributed by atoms with Crippen LogP contribution >= 0.6 is 11.8 Å². The van der Waals surface area contributed by atoms with E-state index in [-0.39, 0.29) is 11.8 Å². The predicted molar refractivity (Wildman–Crippen MR) is 89.4 cm³/mol. The average molecular weight is 316 g/mol. The predicted octanol–water partition coefficient (Wildman–Crippen LogP) is 2.73. The quantitative estimate of drug-likeness (QED) is 0.749. The van der Waals surface area contributed by atoms with E-state index >= 15 is 0 Å². The number of benzene rings is 1. The van der Waals surface area contributed by atoms with Crippen LogP contribution in [-0.2, 0) is 9.84 Å². The van der Waals surface area contributed by atoms with Crippen LogP contribution in [0.25, 0.3) is 0 Å². The van der Waals surface area contributed by atoms with Crippen molar-refractivity contribution in [3.8, 4) is 0 Å². The largest absolute Gasteiger partial charge is 0.310 e. The normalized spacial score (nSPS) is 13.4. The summed E-state index contributed by atoms with van der Waals surface area (Å²) in [5.74, 6) is 1.81. The second-order valence-corrected chi connectivity index (χ2v) is 8.65. The maximum Gasteiger partial charge on any atom is 0.148 e. The fourth-order valence-electron chi connectivity index (χ4n) is 2.14. The molecule has 1 aromatic rings. The molecule has 0 heterocycles. The minimum Gasteiger partial charge on any atom is -0.310 e. The highest BCUT2D eigenvalue weighted by molar-refractivity contribution is 8.00. The Morgan fingerprint density at radius 2 is 1.80 bits per heavy atom. The third-order valence-electron chi connectivity index (χ3n) is 2.98. The molecule has 0 aliphatic heterocycles. The van der Waals surface area contributed by atoms with Gasteiger partial charge in [0.05, 0.1) is 5.75 Å². The second-order valence-electron chi connectivity index (χ2n) is 5.24. The molecule has 114 valence electrons. The Morgan fingerprint density at radius 1 is 1.20 bits per heavy atom. The minimum atomic E-state index is -2.85. The van der Waals surface area contributed by atoms with Crippen molar-refractivity contribution in [1.82, 2.24) is 5.32 Å². The monoisotopic (exact) mass is 315 g/mol. The van der Waals surface area contributed by atoms with Crippen molar-refractivity contribution in [3.63, 3.8) is 0 Å². The number of thioether (sulfide) groups is 1.